The van der Waals surface area contributed by atoms with Crippen LogP contribution in [0.4, 0.5) is 13.2 Å². The van der Waals surface area contributed by atoms with E-state index in [1.807, 2.05) is 25.1 Å². The summed E-state index contributed by atoms with van der Waals surface area (Å²) in [6.45, 7) is 2.69. The molecule has 2 heterocycles. The summed E-state index contributed by atoms with van der Waals surface area (Å²) >= 11 is 0. The molecule has 1 N–H and O–H groups in total. The molecule has 1 aliphatic rings. The fourth-order valence-corrected chi connectivity index (χ4v) is 5.73. The van der Waals surface area contributed by atoms with Gasteiger partial charge in [-0.2, -0.15) is 23.2 Å². The number of nitriles is 1. The first-order valence-electron chi connectivity index (χ1n) is 11.1. The number of fused-ring (bicyclic) bond motifs is 1. The van der Waals surface area contributed by atoms with Gasteiger partial charge in [-0.15, -0.1) is 0 Å². The number of sulfonamides is 1. The molecule has 0 bridgehead atoms. The van der Waals surface area contributed by atoms with Crippen LogP contribution in [0, 0.1) is 18.3 Å². The molecule has 34 heavy (non-hydrogen) atoms. The highest BCUT2D eigenvalue weighted by Gasteiger charge is 2.39. The van der Waals surface area contributed by atoms with Crippen LogP contribution in [-0.4, -0.2) is 30.2 Å². The summed E-state index contributed by atoms with van der Waals surface area (Å²) in [5.74, 6) is 0. The van der Waals surface area contributed by atoms with Crippen LogP contribution in [0.2, 0.25) is 0 Å². The molecule has 0 radical (unpaired) electrons. The van der Waals surface area contributed by atoms with Crippen molar-refractivity contribution in [3.63, 3.8) is 0 Å². The minimum absolute atomic E-state index is 0.176. The highest BCUT2D eigenvalue weighted by molar-refractivity contribution is 7.89. The van der Waals surface area contributed by atoms with Gasteiger partial charge in [0.05, 0.1) is 22.5 Å². The third-order valence-electron chi connectivity index (χ3n) is 6.32. The van der Waals surface area contributed by atoms with Gasteiger partial charge in [0.15, 0.2) is 0 Å². The van der Waals surface area contributed by atoms with Crippen molar-refractivity contribution in [2.24, 2.45) is 0 Å². The Labute approximate surface area is 196 Å². The van der Waals surface area contributed by atoms with Crippen molar-refractivity contribution in [2.45, 2.75) is 69.1 Å². The first kappa shape index (κ1) is 24.2. The van der Waals surface area contributed by atoms with Crippen molar-refractivity contribution in [1.82, 2.24) is 14.3 Å². The van der Waals surface area contributed by atoms with Crippen molar-refractivity contribution in [3.05, 3.63) is 47.7 Å². The Morgan fingerprint density at radius 1 is 1.18 bits per heavy atom. The van der Waals surface area contributed by atoms with Crippen LogP contribution in [0.25, 0.3) is 22.3 Å². The molecule has 3 aromatic rings. The van der Waals surface area contributed by atoms with Gasteiger partial charge in [-0.3, -0.25) is 4.98 Å². The summed E-state index contributed by atoms with van der Waals surface area (Å²) in [5.41, 5.74) is 3.39. The number of nitrogens with one attached hydrogen (secondary N) is 1. The van der Waals surface area contributed by atoms with E-state index in [-0.39, 0.29) is 10.9 Å². The zero-order chi connectivity index (χ0) is 24.7. The lowest BCUT2D eigenvalue weighted by molar-refractivity contribution is -0.147. The van der Waals surface area contributed by atoms with Gasteiger partial charge in [-0.1, -0.05) is 30.9 Å². The van der Waals surface area contributed by atoms with Crippen molar-refractivity contribution in [2.75, 3.05) is 0 Å². The molecule has 0 saturated heterocycles. The Morgan fingerprint density at radius 2 is 1.88 bits per heavy atom. The van der Waals surface area contributed by atoms with Crippen LogP contribution in [0.5, 0.6) is 0 Å². The molecule has 6 nitrogen and oxygen atoms in total. The quantitative estimate of drug-likeness (QED) is 0.503. The van der Waals surface area contributed by atoms with Gasteiger partial charge in [0.2, 0.25) is 10.0 Å². The standard InChI is InChI=1S/C24H25F3N4O2S/c1-15-8-11-22-19(12-15)20(13-28)23(31(22)17-6-4-3-5-7-17)21-10-9-18(14-29-21)34(32,33)30-16(2)24(25,26)27/h8-12,14,16-17,30H,3-7H2,1-2H3/t16-/m0/s1. The number of pyridine rings is 1. The van der Waals surface area contributed by atoms with Gasteiger partial charge in [0.1, 0.15) is 17.0 Å². The first-order chi connectivity index (χ1) is 16.0. The number of hydrogen-bond donors (Lipinski definition) is 1. The monoisotopic (exact) mass is 490 g/mol. The molecule has 180 valence electrons. The zero-order valence-electron chi connectivity index (χ0n) is 18.9. The van der Waals surface area contributed by atoms with Gasteiger partial charge in [-0.05, 0) is 51.0 Å². The molecule has 0 spiro atoms. The van der Waals surface area contributed by atoms with Crippen LogP contribution >= 0.6 is 0 Å². The lowest BCUT2D eigenvalue weighted by Crippen LogP contribution is -2.42. The number of alkyl halides is 3. The minimum Gasteiger partial charge on any atom is -0.335 e. The molecular weight excluding hydrogens is 465 g/mol. The molecule has 2 aromatic heterocycles. The summed E-state index contributed by atoms with van der Waals surface area (Å²) in [6.07, 6.45) is 1.56. The Balaban J connectivity index is 1.82. The number of benzene rings is 1. The Morgan fingerprint density at radius 3 is 2.47 bits per heavy atom. The smallest absolute Gasteiger partial charge is 0.335 e. The highest BCUT2D eigenvalue weighted by atomic mass is 32.2. The number of hydrogen-bond acceptors (Lipinski definition) is 4. The van der Waals surface area contributed by atoms with Crippen LogP contribution < -0.4 is 4.72 Å². The summed E-state index contributed by atoms with van der Waals surface area (Å²) < 4.78 is 67.2. The third kappa shape index (κ3) is 4.55. The van der Waals surface area contributed by atoms with Crippen LogP contribution in [-0.2, 0) is 10.0 Å². The molecule has 0 amide bonds. The molecule has 10 heteroatoms. The number of rotatable bonds is 5. The number of aromatic nitrogens is 2. The maximum Gasteiger partial charge on any atom is 0.404 e. The van der Waals surface area contributed by atoms with E-state index >= 15 is 0 Å². The van der Waals surface area contributed by atoms with Crippen LogP contribution in [0.1, 0.15) is 56.2 Å². The predicted molar refractivity (Wildman–Crippen MR) is 123 cm³/mol. The highest BCUT2D eigenvalue weighted by Crippen LogP contribution is 2.40. The second-order valence-electron chi connectivity index (χ2n) is 8.78. The van der Waals surface area contributed by atoms with Gasteiger partial charge >= 0.3 is 6.18 Å². The molecule has 1 fully saturated rings. The molecule has 1 saturated carbocycles. The summed E-state index contributed by atoms with van der Waals surface area (Å²) in [4.78, 5) is 3.92. The summed E-state index contributed by atoms with van der Waals surface area (Å²) in [6, 6.07) is 8.85. The molecule has 1 aromatic carbocycles. The SMILES string of the molecule is Cc1ccc2c(c1)c(C#N)c(-c1ccc(S(=O)(=O)N[C@@H](C)C(F)(F)F)cn1)n2C1CCCCC1. The van der Waals surface area contributed by atoms with E-state index in [0.29, 0.717) is 17.0 Å². The number of nitrogens with zero attached hydrogens (tertiary/aromatic N) is 3. The topological polar surface area (TPSA) is 87.8 Å². The molecule has 1 aliphatic carbocycles. The van der Waals surface area contributed by atoms with Crippen LogP contribution in [0.3, 0.4) is 0 Å². The largest absolute Gasteiger partial charge is 0.404 e. The fourth-order valence-electron chi connectivity index (χ4n) is 4.56. The van der Waals surface area contributed by atoms with Crippen molar-refractivity contribution in [3.8, 4) is 17.5 Å². The van der Waals surface area contributed by atoms with Crippen molar-refractivity contribution >= 4 is 20.9 Å². The average molecular weight is 491 g/mol. The summed E-state index contributed by atoms with van der Waals surface area (Å²) in [5, 5.41) is 10.8. The number of aryl methyl sites for hydroxylation is 1. The second-order valence-corrected chi connectivity index (χ2v) is 10.5. The lowest BCUT2D eigenvalue weighted by atomic mass is 9.95. The zero-order valence-corrected chi connectivity index (χ0v) is 19.7. The van der Waals surface area contributed by atoms with Crippen LogP contribution in [0.15, 0.2) is 41.4 Å². The fraction of sp³-hybridized carbons (Fsp3) is 0.417. The van der Waals surface area contributed by atoms with E-state index in [0.717, 1.165) is 61.7 Å². The van der Waals surface area contributed by atoms with Gasteiger partial charge in [-0.25, -0.2) is 8.42 Å². The summed E-state index contributed by atoms with van der Waals surface area (Å²) in [7, 11) is -4.42. The maximum absolute atomic E-state index is 12.8. The maximum atomic E-state index is 12.8. The van der Waals surface area contributed by atoms with Gasteiger partial charge in [0.25, 0.3) is 0 Å². The lowest BCUT2D eigenvalue weighted by Gasteiger charge is -2.26. The normalized spacial score (nSPS) is 16.5. The Hall–Kier alpha value is -2.90. The molecule has 0 aliphatic heterocycles. The Bertz CT molecular complexity index is 1350. The van der Waals surface area contributed by atoms with E-state index in [2.05, 4.69) is 15.6 Å². The first-order valence-corrected chi connectivity index (χ1v) is 12.6. The molecule has 1 atom stereocenters. The molecular formula is C24H25F3N4O2S. The number of halogens is 3. The minimum atomic E-state index is -4.71. The van der Waals surface area contributed by atoms with Gasteiger partial charge < -0.3 is 4.57 Å². The van der Waals surface area contributed by atoms with E-state index < -0.39 is 22.2 Å². The van der Waals surface area contributed by atoms with E-state index in [1.54, 1.807) is 4.72 Å². The predicted octanol–water partition coefficient (Wildman–Crippen LogP) is 5.62. The third-order valence-corrected chi connectivity index (χ3v) is 7.85. The Kier molecular flexibility index (Phi) is 6.44. The second kappa shape index (κ2) is 9.04. The van der Waals surface area contributed by atoms with E-state index in [4.69, 9.17) is 0 Å². The van der Waals surface area contributed by atoms with Gasteiger partial charge in [0, 0.05) is 17.6 Å². The van der Waals surface area contributed by atoms with Crippen molar-refractivity contribution in [1.29, 1.82) is 5.26 Å². The molecule has 4 rings (SSSR count). The van der Waals surface area contributed by atoms with E-state index in [1.165, 1.54) is 12.1 Å². The van der Waals surface area contributed by atoms with E-state index in [9.17, 15) is 26.9 Å². The van der Waals surface area contributed by atoms with Crippen molar-refractivity contribution < 1.29 is 21.6 Å². The molecule has 0 unspecified atom stereocenters. The average Bonchev–Trinajstić information content (AvgIpc) is 3.12.